The van der Waals surface area contributed by atoms with Gasteiger partial charge in [0.1, 0.15) is 0 Å². The number of nitrogens with one attached hydrogen (secondary N) is 1. The third kappa shape index (κ3) is 34.6. The van der Waals surface area contributed by atoms with Gasteiger partial charge in [-0.25, -0.2) is 0 Å². The van der Waals surface area contributed by atoms with Crippen LogP contribution < -0.4 is 5.32 Å². The Bertz CT molecular complexity index is 107. The first-order chi connectivity index (χ1) is 6.22. The summed E-state index contributed by atoms with van der Waals surface area (Å²) in [4.78, 5) is 3.25. The van der Waals surface area contributed by atoms with Gasteiger partial charge in [0, 0.05) is 13.6 Å². The summed E-state index contributed by atoms with van der Waals surface area (Å²) < 4.78 is 0. The van der Waals surface area contributed by atoms with Gasteiger partial charge in [-0.05, 0) is 27.1 Å². The monoisotopic (exact) mass is 186 g/mol. The molecule has 0 radical (unpaired) electrons. The molecule has 0 amide bonds. The van der Waals surface area contributed by atoms with Crippen LogP contribution in [0.4, 0.5) is 0 Å². The van der Waals surface area contributed by atoms with Crippen LogP contribution in [0.15, 0.2) is 16.6 Å². The zero-order chi connectivity index (χ0) is 11.1. The van der Waals surface area contributed by atoms with E-state index in [4.69, 9.17) is 0 Å². The summed E-state index contributed by atoms with van der Waals surface area (Å²) in [6.07, 6.45) is 3.38. The molecule has 0 atom stereocenters. The number of rotatable bonds is 3. The fourth-order valence-corrected chi connectivity index (χ4v) is 0.421. The molecule has 0 fully saturated rings. The minimum Gasteiger partial charge on any atom is -0.316 e. The zero-order valence-electron chi connectivity index (χ0n) is 10.1. The van der Waals surface area contributed by atoms with Gasteiger partial charge in [-0.1, -0.05) is 32.4 Å². The van der Waals surface area contributed by atoms with Gasteiger partial charge < -0.3 is 10.3 Å². The van der Waals surface area contributed by atoms with Crippen LogP contribution in [0.25, 0.3) is 0 Å². The van der Waals surface area contributed by atoms with E-state index in [1.807, 2.05) is 20.9 Å². The molecule has 0 aromatic heterocycles. The predicted molar refractivity (Wildman–Crippen MR) is 64.8 cm³/mol. The predicted octanol–water partition coefficient (Wildman–Crippen LogP) is 2.91. The Kier molecular flexibility index (Phi) is 31.5. The lowest BCUT2D eigenvalue weighted by molar-refractivity contribution is 0.904. The maximum absolute atomic E-state index is 3.25. The summed E-state index contributed by atoms with van der Waals surface area (Å²) in [6, 6.07) is 0. The number of hydrogen-bond acceptors (Lipinski definition) is 2. The van der Waals surface area contributed by atoms with Crippen LogP contribution in [0.3, 0.4) is 0 Å². The second kappa shape index (κ2) is 22.5. The average Bonchev–Trinajstić information content (AvgIpc) is 2.18. The van der Waals surface area contributed by atoms with E-state index >= 15 is 0 Å². The summed E-state index contributed by atoms with van der Waals surface area (Å²) in [5, 5.41) is 3.06. The second-order valence-electron chi connectivity index (χ2n) is 2.28. The molecule has 0 spiro atoms. The molecule has 1 N–H and O–H groups in total. The lowest BCUT2D eigenvalue weighted by Crippen LogP contribution is -2.04. The van der Waals surface area contributed by atoms with Crippen molar-refractivity contribution in [1.29, 1.82) is 0 Å². The summed E-state index contributed by atoms with van der Waals surface area (Å²) in [5.74, 6) is 0. The summed E-state index contributed by atoms with van der Waals surface area (Å²) in [5.41, 5.74) is 1.46. The van der Waals surface area contributed by atoms with Crippen molar-refractivity contribution in [2.75, 3.05) is 20.6 Å². The SMILES string of the molecule is C=NC.CC.CCC(C)=CCNC. The number of allylic oxidation sites excluding steroid dienone is 1. The zero-order valence-corrected chi connectivity index (χ0v) is 10.1. The third-order valence-electron chi connectivity index (χ3n) is 1.21. The van der Waals surface area contributed by atoms with E-state index in [9.17, 15) is 0 Å². The van der Waals surface area contributed by atoms with Crippen molar-refractivity contribution < 1.29 is 0 Å². The highest BCUT2D eigenvalue weighted by atomic mass is 14.8. The van der Waals surface area contributed by atoms with Gasteiger partial charge in [0.25, 0.3) is 0 Å². The van der Waals surface area contributed by atoms with E-state index in [2.05, 4.69) is 37.0 Å². The van der Waals surface area contributed by atoms with Crippen LogP contribution in [0.2, 0.25) is 0 Å². The van der Waals surface area contributed by atoms with Gasteiger partial charge in [0.15, 0.2) is 0 Å². The van der Waals surface area contributed by atoms with E-state index in [1.165, 1.54) is 12.0 Å². The molecular formula is C11H26N2. The molecule has 0 aliphatic heterocycles. The van der Waals surface area contributed by atoms with Gasteiger partial charge in [-0.3, -0.25) is 0 Å². The highest BCUT2D eigenvalue weighted by Crippen LogP contribution is 1.94. The highest BCUT2D eigenvalue weighted by molar-refractivity contribution is 5.22. The van der Waals surface area contributed by atoms with Crippen LogP contribution in [0, 0.1) is 0 Å². The van der Waals surface area contributed by atoms with E-state index in [0.29, 0.717) is 0 Å². The van der Waals surface area contributed by atoms with Crippen LogP contribution in [-0.2, 0) is 0 Å². The summed E-state index contributed by atoms with van der Waals surface area (Å²) in [7, 11) is 3.60. The quantitative estimate of drug-likeness (QED) is 0.532. The van der Waals surface area contributed by atoms with Crippen molar-refractivity contribution in [2.45, 2.75) is 34.1 Å². The Balaban J connectivity index is -0.000000169. The molecule has 0 heterocycles. The normalized spacial score (nSPS) is 8.92. The fraction of sp³-hybridized carbons (Fsp3) is 0.727. The second-order valence-corrected chi connectivity index (χ2v) is 2.28. The van der Waals surface area contributed by atoms with Crippen molar-refractivity contribution >= 4 is 6.72 Å². The van der Waals surface area contributed by atoms with Gasteiger partial charge in [0.05, 0.1) is 0 Å². The first-order valence-electron chi connectivity index (χ1n) is 4.87. The highest BCUT2D eigenvalue weighted by Gasteiger charge is 1.78. The molecule has 2 heteroatoms. The molecule has 0 aliphatic carbocycles. The van der Waals surface area contributed by atoms with Crippen LogP contribution in [0.1, 0.15) is 34.1 Å². The first-order valence-corrected chi connectivity index (χ1v) is 4.87. The Hall–Kier alpha value is -0.630. The largest absolute Gasteiger partial charge is 0.316 e. The van der Waals surface area contributed by atoms with Crippen LogP contribution in [0.5, 0.6) is 0 Å². The van der Waals surface area contributed by atoms with E-state index in [1.54, 1.807) is 7.05 Å². The molecule has 0 bridgehead atoms. The number of aliphatic imine (C=N–C) groups is 1. The third-order valence-corrected chi connectivity index (χ3v) is 1.21. The molecule has 0 aliphatic rings. The lowest BCUT2D eigenvalue weighted by Gasteiger charge is -1.92. The number of hydrogen-bond donors (Lipinski definition) is 1. The Morgan fingerprint density at radius 3 is 2.08 bits per heavy atom. The van der Waals surface area contributed by atoms with Gasteiger partial charge in [-0.2, -0.15) is 0 Å². The maximum atomic E-state index is 3.25. The molecule has 0 aromatic rings. The van der Waals surface area contributed by atoms with E-state index < -0.39 is 0 Å². The Morgan fingerprint density at radius 1 is 1.46 bits per heavy atom. The van der Waals surface area contributed by atoms with Gasteiger partial charge in [-0.15, -0.1) is 0 Å². The molecular weight excluding hydrogens is 160 g/mol. The van der Waals surface area contributed by atoms with Crippen molar-refractivity contribution in [3.05, 3.63) is 11.6 Å². The maximum Gasteiger partial charge on any atom is 0.0269 e. The molecule has 2 nitrogen and oxygen atoms in total. The Morgan fingerprint density at radius 2 is 1.85 bits per heavy atom. The topological polar surface area (TPSA) is 24.4 Å². The van der Waals surface area contributed by atoms with Crippen molar-refractivity contribution in [3.63, 3.8) is 0 Å². The van der Waals surface area contributed by atoms with Gasteiger partial charge in [0.2, 0.25) is 0 Å². The Labute approximate surface area is 84.2 Å². The summed E-state index contributed by atoms with van der Waals surface area (Å²) >= 11 is 0. The smallest absolute Gasteiger partial charge is 0.0269 e. The van der Waals surface area contributed by atoms with Crippen molar-refractivity contribution in [2.24, 2.45) is 4.99 Å². The van der Waals surface area contributed by atoms with Crippen LogP contribution >= 0.6 is 0 Å². The van der Waals surface area contributed by atoms with Gasteiger partial charge >= 0.3 is 0 Å². The first kappa shape index (κ1) is 18.2. The molecule has 0 saturated carbocycles. The van der Waals surface area contributed by atoms with Crippen molar-refractivity contribution in [3.8, 4) is 0 Å². The van der Waals surface area contributed by atoms with Crippen LogP contribution in [-0.4, -0.2) is 27.4 Å². The average molecular weight is 186 g/mol. The fourth-order valence-electron chi connectivity index (χ4n) is 0.421. The molecule has 0 unspecified atom stereocenters. The number of likely N-dealkylation sites (N-methyl/N-ethyl adjacent to an activating group) is 1. The number of nitrogens with zero attached hydrogens (tertiary/aromatic N) is 1. The van der Waals surface area contributed by atoms with E-state index in [0.717, 1.165) is 6.54 Å². The molecule has 0 aromatic carbocycles. The minimum atomic E-state index is 1.000. The molecule has 13 heavy (non-hydrogen) atoms. The summed E-state index contributed by atoms with van der Waals surface area (Å²) in [6.45, 7) is 12.4. The standard InChI is InChI=1S/C7H15N.C2H5N.C2H6/c1-4-7(2)5-6-8-3;1-3-2;1-2/h5,8H,4,6H2,1-3H3;1H2,2H3;1-2H3. The van der Waals surface area contributed by atoms with Crippen molar-refractivity contribution in [1.82, 2.24) is 5.32 Å². The molecule has 0 saturated heterocycles. The van der Waals surface area contributed by atoms with E-state index in [-0.39, 0.29) is 0 Å². The minimum absolute atomic E-state index is 1.000. The lowest BCUT2D eigenvalue weighted by atomic mass is 10.2. The molecule has 80 valence electrons. The molecule has 0 rings (SSSR count).